The number of ether oxygens (including phenoxy) is 1. The van der Waals surface area contributed by atoms with Crippen molar-refractivity contribution in [2.45, 2.75) is 25.9 Å². The van der Waals surface area contributed by atoms with Crippen LogP contribution in [0.4, 0.5) is 11.4 Å². The molecule has 2 aromatic carbocycles. The second-order valence-electron chi connectivity index (χ2n) is 7.32. The number of rotatable bonds is 5. The number of carbonyl (C=O) groups is 3. The first-order valence-corrected chi connectivity index (χ1v) is 9.94. The van der Waals surface area contributed by atoms with Crippen LogP contribution in [0.3, 0.4) is 0 Å². The van der Waals surface area contributed by atoms with Crippen LogP contribution in [0, 0.1) is 13.8 Å². The van der Waals surface area contributed by atoms with E-state index >= 15 is 0 Å². The van der Waals surface area contributed by atoms with Crippen molar-refractivity contribution in [3.63, 3.8) is 0 Å². The summed E-state index contributed by atoms with van der Waals surface area (Å²) < 4.78 is 5.11. The highest BCUT2D eigenvalue weighted by atomic mass is 35.5. The van der Waals surface area contributed by atoms with E-state index in [-0.39, 0.29) is 17.5 Å². The average Bonchev–Trinajstić information content (AvgIpc) is 3.25. The summed E-state index contributed by atoms with van der Waals surface area (Å²) in [5.41, 5.74) is 2.99. The van der Waals surface area contributed by atoms with Gasteiger partial charge < -0.3 is 10.1 Å². The highest BCUT2D eigenvalue weighted by molar-refractivity contribution is 6.33. The summed E-state index contributed by atoms with van der Waals surface area (Å²) in [5.74, 6) is -0.966. The first-order valence-electron chi connectivity index (χ1n) is 9.56. The number of carbonyl (C=O) groups excluding carboxylic acids is 3. The van der Waals surface area contributed by atoms with Crippen molar-refractivity contribution < 1.29 is 19.1 Å². The van der Waals surface area contributed by atoms with Gasteiger partial charge in [-0.25, -0.2) is 4.90 Å². The van der Waals surface area contributed by atoms with E-state index in [4.69, 9.17) is 16.3 Å². The summed E-state index contributed by atoms with van der Waals surface area (Å²) in [6.45, 7) is 3.65. The minimum absolute atomic E-state index is 0.214. The quantitative estimate of drug-likeness (QED) is 0.718. The van der Waals surface area contributed by atoms with Crippen LogP contribution in [0.15, 0.2) is 46.7 Å². The molecule has 0 bridgehead atoms. The Morgan fingerprint density at radius 1 is 1.19 bits per heavy atom. The van der Waals surface area contributed by atoms with Gasteiger partial charge in [0.15, 0.2) is 12.1 Å². The fraction of sp³-hybridized carbons (Fsp3) is 0.286. The van der Waals surface area contributed by atoms with Crippen molar-refractivity contribution in [2.75, 3.05) is 23.9 Å². The molecule has 0 aromatic heterocycles. The predicted molar refractivity (Wildman–Crippen MR) is 114 cm³/mol. The Balaban J connectivity index is 1.51. The molecule has 3 amide bonds. The third-order valence-corrected chi connectivity index (χ3v) is 5.73. The topological polar surface area (TPSA) is 104 Å². The van der Waals surface area contributed by atoms with Gasteiger partial charge in [0, 0.05) is 5.69 Å². The van der Waals surface area contributed by atoms with Crippen LogP contribution in [0.5, 0.6) is 5.75 Å². The number of hydrogen-bond acceptors (Lipinski definition) is 7. The Labute approximate surface area is 183 Å². The molecule has 10 heteroatoms. The molecular formula is C21H20ClN5O4. The Bertz CT molecular complexity index is 1120. The number of aryl methyl sites for hydroxylation is 1. The standard InChI is InChI=1S/C21H20ClN5O4/c1-11-5-4-6-15(12(11)2)23-17(28)10-26-19-18(24-25-26)20(29)27(21(19)30)13-7-8-16(31-3)14(22)9-13/h4-9,18-19H,10H2,1-3H3,(H,23,28)/t18-,19+/m1/s1. The van der Waals surface area contributed by atoms with E-state index in [1.165, 1.54) is 18.2 Å². The van der Waals surface area contributed by atoms with Crippen LogP contribution in [0.1, 0.15) is 11.1 Å². The molecule has 2 heterocycles. The van der Waals surface area contributed by atoms with E-state index in [1.54, 1.807) is 18.2 Å². The van der Waals surface area contributed by atoms with Crippen molar-refractivity contribution in [1.29, 1.82) is 0 Å². The third kappa shape index (κ3) is 3.61. The van der Waals surface area contributed by atoms with Crippen molar-refractivity contribution in [3.8, 4) is 5.75 Å². The Kier molecular flexibility index (Phi) is 5.36. The first kappa shape index (κ1) is 20.8. The van der Waals surface area contributed by atoms with Gasteiger partial charge in [-0.05, 0) is 49.2 Å². The molecule has 31 heavy (non-hydrogen) atoms. The number of halogens is 1. The second kappa shape index (κ2) is 7.99. The summed E-state index contributed by atoms with van der Waals surface area (Å²) >= 11 is 6.14. The number of anilines is 2. The number of nitrogens with zero attached hydrogens (tertiary/aromatic N) is 4. The Morgan fingerprint density at radius 3 is 2.68 bits per heavy atom. The number of amides is 3. The summed E-state index contributed by atoms with van der Waals surface area (Å²) in [5, 5.41) is 12.2. The summed E-state index contributed by atoms with van der Waals surface area (Å²) in [6.07, 6.45) is 0. The molecule has 2 aromatic rings. The maximum Gasteiger partial charge on any atom is 0.263 e. The highest BCUT2D eigenvalue weighted by Gasteiger charge is 2.55. The lowest BCUT2D eigenvalue weighted by atomic mass is 10.1. The van der Waals surface area contributed by atoms with Crippen LogP contribution < -0.4 is 15.0 Å². The van der Waals surface area contributed by atoms with Crippen molar-refractivity contribution in [2.24, 2.45) is 10.3 Å². The summed E-state index contributed by atoms with van der Waals surface area (Å²) in [7, 11) is 1.47. The number of imide groups is 1. The molecule has 160 valence electrons. The van der Waals surface area contributed by atoms with Gasteiger partial charge in [-0.1, -0.05) is 29.0 Å². The van der Waals surface area contributed by atoms with Gasteiger partial charge in [-0.3, -0.25) is 19.4 Å². The number of hydrogen-bond donors (Lipinski definition) is 1. The molecule has 0 saturated carbocycles. The predicted octanol–water partition coefficient (Wildman–Crippen LogP) is 2.90. The molecule has 0 spiro atoms. The molecule has 9 nitrogen and oxygen atoms in total. The Morgan fingerprint density at radius 2 is 1.97 bits per heavy atom. The van der Waals surface area contributed by atoms with E-state index < -0.39 is 23.9 Å². The van der Waals surface area contributed by atoms with Crippen molar-refractivity contribution >= 4 is 40.7 Å². The van der Waals surface area contributed by atoms with E-state index in [9.17, 15) is 14.4 Å². The van der Waals surface area contributed by atoms with E-state index in [0.29, 0.717) is 17.1 Å². The average molecular weight is 442 g/mol. The smallest absolute Gasteiger partial charge is 0.263 e. The number of benzene rings is 2. The minimum atomic E-state index is -0.998. The number of methoxy groups -OCH3 is 1. The molecule has 0 radical (unpaired) electrons. The highest BCUT2D eigenvalue weighted by Crippen LogP contribution is 2.35. The molecule has 2 aliphatic heterocycles. The lowest BCUT2D eigenvalue weighted by Crippen LogP contribution is -2.43. The van der Waals surface area contributed by atoms with Crippen LogP contribution in [0.2, 0.25) is 5.02 Å². The molecule has 1 fully saturated rings. The zero-order valence-electron chi connectivity index (χ0n) is 17.1. The van der Waals surface area contributed by atoms with E-state index in [1.807, 2.05) is 26.0 Å². The van der Waals surface area contributed by atoms with Gasteiger partial charge in [0.1, 0.15) is 12.3 Å². The zero-order valence-corrected chi connectivity index (χ0v) is 17.9. The van der Waals surface area contributed by atoms with E-state index in [2.05, 4.69) is 15.7 Å². The van der Waals surface area contributed by atoms with Gasteiger partial charge >= 0.3 is 0 Å². The molecule has 2 atom stereocenters. The van der Waals surface area contributed by atoms with Crippen LogP contribution in [-0.4, -0.2) is 48.5 Å². The van der Waals surface area contributed by atoms with Crippen LogP contribution in [0.25, 0.3) is 0 Å². The van der Waals surface area contributed by atoms with Crippen molar-refractivity contribution in [3.05, 3.63) is 52.5 Å². The van der Waals surface area contributed by atoms with E-state index in [0.717, 1.165) is 16.0 Å². The third-order valence-electron chi connectivity index (χ3n) is 5.44. The molecule has 1 saturated heterocycles. The lowest BCUT2D eigenvalue weighted by Gasteiger charge is -2.21. The van der Waals surface area contributed by atoms with Crippen LogP contribution in [-0.2, 0) is 14.4 Å². The summed E-state index contributed by atoms with van der Waals surface area (Å²) in [6, 6.07) is 8.24. The van der Waals surface area contributed by atoms with Crippen LogP contribution >= 0.6 is 11.6 Å². The molecule has 0 unspecified atom stereocenters. The minimum Gasteiger partial charge on any atom is -0.495 e. The van der Waals surface area contributed by atoms with Gasteiger partial charge in [0.25, 0.3) is 11.8 Å². The van der Waals surface area contributed by atoms with Crippen molar-refractivity contribution in [1.82, 2.24) is 5.01 Å². The fourth-order valence-electron chi connectivity index (χ4n) is 3.63. The monoisotopic (exact) mass is 441 g/mol. The molecule has 0 aliphatic carbocycles. The first-order chi connectivity index (χ1) is 14.8. The number of nitrogens with one attached hydrogen (secondary N) is 1. The summed E-state index contributed by atoms with van der Waals surface area (Å²) in [4.78, 5) is 39.5. The molecule has 1 N–H and O–H groups in total. The Hall–Kier alpha value is -3.46. The zero-order chi connectivity index (χ0) is 22.3. The second-order valence-corrected chi connectivity index (χ2v) is 7.73. The largest absolute Gasteiger partial charge is 0.495 e. The van der Waals surface area contributed by atoms with Gasteiger partial charge in [0.2, 0.25) is 5.91 Å². The fourth-order valence-corrected chi connectivity index (χ4v) is 3.88. The normalized spacial score (nSPS) is 19.7. The molecule has 4 rings (SSSR count). The number of fused-ring (bicyclic) bond motifs is 1. The maximum atomic E-state index is 13.0. The van der Waals surface area contributed by atoms with Gasteiger partial charge in [-0.15, -0.1) is 0 Å². The molecule has 2 aliphatic rings. The SMILES string of the molecule is COc1ccc(N2C(=O)[C@@H]3[C@@H](N=NN3CC(=O)Nc3cccc(C)c3C)C2=O)cc1Cl. The maximum absolute atomic E-state index is 13.0. The lowest BCUT2D eigenvalue weighted by molar-refractivity contribution is -0.123. The van der Waals surface area contributed by atoms with Gasteiger partial charge in [-0.2, -0.15) is 5.11 Å². The van der Waals surface area contributed by atoms with Gasteiger partial charge in [0.05, 0.1) is 17.8 Å². The molecular weight excluding hydrogens is 422 g/mol.